The summed E-state index contributed by atoms with van der Waals surface area (Å²) in [6.45, 7) is 1.49. The largest absolute Gasteiger partial charge is 0.465 e. The van der Waals surface area contributed by atoms with Crippen LogP contribution in [0.5, 0.6) is 0 Å². The number of anilines is 2. The van der Waals surface area contributed by atoms with Crippen molar-refractivity contribution in [2.75, 3.05) is 36.1 Å². The van der Waals surface area contributed by atoms with E-state index in [4.69, 9.17) is 0 Å². The van der Waals surface area contributed by atoms with Crippen LogP contribution in [0.1, 0.15) is 29.6 Å². The molecule has 1 fully saturated rings. The van der Waals surface area contributed by atoms with Gasteiger partial charge in [0, 0.05) is 23.8 Å². The van der Waals surface area contributed by atoms with Crippen molar-refractivity contribution in [3.63, 3.8) is 0 Å². The van der Waals surface area contributed by atoms with Crippen molar-refractivity contribution in [1.82, 2.24) is 0 Å². The molecule has 3 rings (SSSR count). The standard InChI is InChI=1S/C20H23BrN2O6S2/c1-29-20(24)14-6-8-16(21)19(12-14)31(27,28)22-17-13-15(30(2,25)26)7-9-18(17)23-10-4-3-5-11-23/h6-9,12-13,22H,3-5,10-11H2,1-2H3. The molecule has 11 heteroatoms. The molecule has 1 heterocycles. The minimum Gasteiger partial charge on any atom is -0.465 e. The Morgan fingerprint density at radius 1 is 1.03 bits per heavy atom. The number of nitrogens with one attached hydrogen (secondary N) is 1. The number of benzene rings is 2. The van der Waals surface area contributed by atoms with Gasteiger partial charge >= 0.3 is 5.97 Å². The summed E-state index contributed by atoms with van der Waals surface area (Å²) in [5, 5.41) is 0. The lowest BCUT2D eigenvalue weighted by Gasteiger charge is -2.31. The van der Waals surface area contributed by atoms with Crippen LogP contribution < -0.4 is 9.62 Å². The molecule has 8 nitrogen and oxygen atoms in total. The molecule has 0 amide bonds. The van der Waals surface area contributed by atoms with Crippen LogP contribution >= 0.6 is 15.9 Å². The lowest BCUT2D eigenvalue weighted by atomic mass is 10.1. The number of piperidine rings is 1. The van der Waals surface area contributed by atoms with Gasteiger partial charge in [-0.05, 0) is 71.6 Å². The van der Waals surface area contributed by atoms with E-state index in [0.717, 1.165) is 38.6 Å². The number of rotatable bonds is 6. The number of hydrogen-bond acceptors (Lipinski definition) is 7. The average molecular weight is 531 g/mol. The molecule has 0 aromatic heterocycles. The normalized spacial score (nSPS) is 14.9. The summed E-state index contributed by atoms with van der Waals surface area (Å²) in [5.41, 5.74) is 0.850. The Kier molecular flexibility index (Phi) is 6.97. The zero-order valence-corrected chi connectivity index (χ0v) is 20.3. The van der Waals surface area contributed by atoms with E-state index < -0.39 is 25.8 Å². The summed E-state index contributed by atoms with van der Waals surface area (Å²) in [4.78, 5) is 13.7. The number of sulfonamides is 1. The second-order valence-corrected chi connectivity index (χ2v) is 11.8. The first-order valence-electron chi connectivity index (χ1n) is 9.52. The van der Waals surface area contributed by atoms with Gasteiger partial charge in [-0.15, -0.1) is 0 Å². The van der Waals surface area contributed by atoms with Crippen LogP contribution in [0.25, 0.3) is 0 Å². The highest BCUT2D eigenvalue weighted by Gasteiger charge is 2.24. The second-order valence-electron chi connectivity index (χ2n) is 7.24. The molecule has 1 aliphatic heterocycles. The number of ether oxygens (including phenoxy) is 1. The van der Waals surface area contributed by atoms with E-state index in [2.05, 4.69) is 25.4 Å². The van der Waals surface area contributed by atoms with Crippen LogP contribution in [0.15, 0.2) is 50.7 Å². The molecule has 0 aliphatic carbocycles. The van der Waals surface area contributed by atoms with E-state index in [9.17, 15) is 21.6 Å². The maximum atomic E-state index is 13.2. The fourth-order valence-electron chi connectivity index (χ4n) is 3.39. The van der Waals surface area contributed by atoms with E-state index in [0.29, 0.717) is 5.69 Å². The van der Waals surface area contributed by atoms with Crippen LogP contribution in [0.2, 0.25) is 0 Å². The fourth-order valence-corrected chi connectivity index (χ4v) is 6.09. The number of nitrogens with zero attached hydrogens (tertiary/aromatic N) is 1. The molecule has 0 spiro atoms. The number of methoxy groups -OCH3 is 1. The summed E-state index contributed by atoms with van der Waals surface area (Å²) < 4.78 is 58.0. The smallest absolute Gasteiger partial charge is 0.337 e. The Morgan fingerprint density at radius 3 is 2.32 bits per heavy atom. The molecule has 2 aromatic carbocycles. The van der Waals surface area contributed by atoms with Gasteiger partial charge in [0.05, 0.1) is 28.9 Å². The molecular weight excluding hydrogens is 508 g/mol. The number of sulfone groups is 1. The predicted molar refractivity (Wildman–Crippen MR) is 122 cm³/mol. The van der Waals surface area contributed by atoms with Gasteiger partial charge in [-0.3, -0.25) is 4.72 Å². The highest BCUT2D eigenvalue weighted by atomic mass is 79.9. The number of hydrogen-bond donors (Lipinski definition) is 1. The second kappa shape index (κ2) is 9.17. The topological polar surface area (TPSA) is 110 Å². The van der Waals surface area contributed by atoms with E-state index in [1.54, 1.807) is 6.07 Å². The minimum absolute atomic E-state index is 0.00772. The van der Waals surface area contributed by atoms with Gasteiger partial charge in [-0.25, -0.2) is 21.6 Å². The van der Waals surface area contributed by atoms with Gasteiger partial charge in [0.1, 0.15) is 4.90 Å². The Labute approximate surface area is 190 Å². The maximum absolute atomic E-state index is 13.2. The summed E-state index contributed by atoms with van der Waals surface area (Å²) in [5.74, 6) is -0.669. The zero-order chi connectivity index (χ0) is 22.8. The van der Waals surface area contributed by atoms with E-state index >= 15 is 0 Å². The number of esters is 1. The molecule has 31 heavy (non-hydrogen) atoms. The van der Waals surface area contributed by atoms with Crippen molar-refractivity contribution in [2.24, 2.45) is 0 Å². The molecule has 1 aliphatic rings. The Morgan fingerprint density at radius 2 is 1.71 bits per heavy atom. The monoisotopic (exact) mass is 530 g/mol. The summed E-state index contributed by atoms with van der Waals surface area (Å²) in [7, 11) is -6.50. The Bertz CT molecular complexity index is 1210. The van der Waals surface area contributed by atoms with E-state index in [1.807, 2.05) is 4.90 Å². The molecule has 0 saturated carbocycles. The lowest BCUT2D eigenvalue weighted by Crippen LogP contribution is -2.30. The Hall–Kier alpha value is -2.11. The average Bonchev–Trinajstić information content (AvgIpc) is 2.73. The first kappa shape index (κ1) is 23.6. The molecule has 0 radical (unpaired) electrons. The first-order chi connectivity index (χ1) is 14.5. The van der Waals surface area contributed by atoms with Crippen molar-refractivity contribution >= 4 is 53.1 Å². The maximum Gasteiger partial charge on any atom is 0.337 e. The third-order valence-corrected chi connectivity index (χ3v) is 8.45. The van der Waals surface area contributed by atoms with Gasteiger partial charge in [-0.2, -0.15) is 0 Å². The van der Waals surface area contributed by atoms with Crippen molar-refractivity contribution in [2.45, 2.75) is 29.1 Å². The quantitative estimate of drug-likeness (QED) is 0.569. The van der Waals surface area contributed by atoms with Gasteiger partial charge in [0.2, 0.25) is 0 Å². The lowest BCUT2D eigenvalue weighted by molar-refractivity contribution is 0.0600. The summed E-state index contributed by atoms with van der Waals surface area (Å²) >= 11 is 3.21. The predicted octanol–water partition coefficient (Wildman–Crippen LogP) is 3.43. The van der Waals surface area contributed by atoms with Crippen molar-refractivity contribution in [1.29, 1.82) is 0 Å². The van der Waals surface area contributed by atoms with Crippen molar-refractivity contribution in [3.8, 4) is 0 Å². The number of carbonyl (C=O) groups is 1. The molecule has 168 valence electrons. The minimum atomic E-state index is -4.16. The molecule has 0 atom stereocenters. The third kappa shape index (κ3) is 5.39. The highest BCUT2D eigenvalue weighted by molar-refractivity contribution is 9.10. The highest BCUT2D eigenvalue weighted by Crippen LogP contribution is 2.34. The molecule has 0 unspecified atom stereocenters. The van der Waals surface area contributed by atoms with Crippen LogP contribution in [-0.4, -0.2) is 49.3 Å². The fraction of sp³-hybridized carbons (Fsp3) is 0.350. The third-order valence-electron chi connectivity index (χ3n) is 4.98. The van der Waals surface area contributed by atoms with E-state index in [1.165, 1.54) is 37.4 Å². The van der Waals surface area contributed by atoms with Gasteiger partial charge < -0.3 is 9.64 Å². The van der Waals surface area contributed by atoms with Crippen LogP contribution in [0.4, 0.5) is 11.4 Å². The van der Waals surface area contributed by atoms with Gasteiger partial charge in [0.15, 0.2) is 9.84 Å². The van der Waals surface area contributed by atoms with E-state index in [-0.39, 0.29) is 25.5 Å². The molecule has 1 N–H and O–H groups in total. The first-order valence-corrected chi connectivity index (χ1v) is 13.7. The van der Waals surface area contributed by atoms with Crippen molar-refractivity contribution < 1.29 is 26.4 Å². The Balaban J connectivity index is 2.08. The van der Waals surface area contributed by atoms with Crippen LogP contribution in [-0.2, 0) is 24.6 Å². The van der Waals surface area contributed by atoms with Gasteiger partial charge in [0.25, 0.3) is 10.0 Å². The zero-order valence-electron chi connectivity index (χ0n) is 17.1. The molecule has 1 saturated heterocycles. The van der Waals surface area contributed by atoms with Gasteiger partial charge in [-0.1, -0.05) is 0 Å². The van der Waals surface area contributed by atoms with Crippen molar-refractivity contribution in [3.05, 3.63) is 46.4 Å². The SMILES string of the molecule is COC(=O)c1ccc(Br)c(S(=O)(=O)Nc2cc(S(C)(=O)=O)ccc2N2CCCCC2)c1. The van der Waals surface area contributed by atoms with Crippen LogP contribution in [0, 0.1) is 0 Å². The number of halogens is 1. The molecular formula is C20H23BrN2O6S2. The van der Waals surface area contributed by atoms with Crippen LogP contribution in [0.3, 0.4) is 0 Å². The molecule has 0 bridgehead atoms. The molecule has 2 aromatic rings. The summed E-state index contributed by atoms with van der Waals surface area (Å²) in [6, 6.07) is 8.52. The summed E-state index contributed by atoms with van der Waals surface area (Å²) in [6.07, 6.45) is 4.09. The number of carbonyl (C=O) groups excluding carboxylic acids is 1.